The minimum atomic E-state index is 0.528. The van der Waals surface area contributed by atoms with Crippen LogP contribution >= 0.6 is 0 Å². The van der Waals surface area contributed by atoms with E-state index in [1.807, 2.05) is 0 Å². The molecule has 1 nitrogen and oxygen atoms in total. The zero-order valence-corrected chi connectivity index (χ0v) is 10.8. The predicted octanol–water partition coefficient (Wildman–Crippen LogP) is 4.73. The molecule has 0 fully saturated rings. The summed E-state index contributed by atoms with van der Waals surface area (Å²) >= 11 is 0. The number of nitrogens with zero attached hydrogens (tertiary/aromatic N) is 1. The number of rotatable bonds is 2. The van der Waals surface area contributed by atoms with Gasteiger partial charge in [0.1, 0.15) is 0 Å². The van der Waals surface area contributed by atoms with Crippen molar-refractivity contribution in [3.63, 3.8) is 0 Å². The van der Waals surface area contributed by atoms with Crippen LogP contribution in [-0.2, 0) is 0 Å². The molecule has 3 aromatic rings. The minimum Gasteiger partial charge on any atom is -0.323 e. The molecule has 1 aromatic carbocycles. The largest absolute Gasteiger partial charge is 0.323 e. The Morgan fingerprint density at radius 2 is 1.61 bits per heavy atom. The lowest BCUT2D eigenvalue weighted by molar-refractivity contribution is 0.867. The van der Waals surface area contributed by atoms with Gasteiger partial charge in [0, 0.05) is 18.0 Å². The van der Waals surface area contributed by atoms with Crippen LogP contribution in [0.4, 0.5) is 0 Å². The van der Waals surface area contributed by atoms with Crippen LogP contribution in [0.2, 0.25) is 0 Å². The van der Waals surface area contributed by atoms with Gasteiger partial charge in [0.05, 0.1) is 5.52 Å². The Balaban J connectivity index is 2.35. The van der Waals surface area contributed by atoms with E-state index in [4.69, 9.17) is 0 Å². The first-order valence-electron chi connectivity index (χ1n) is 6.42. The number of aromatic nitrogens is 1. The van der Waals surface area contributed by atoms with E-state index in [0.29, 0.717) is 5.92 Å². The Kier molecular flexibility index (Phi) is 2.67. The van der Waals surface area contributed by atoms with E-state index in [2.05, 4.69) is 79.2 Å². The first-order chi connectivity index (χ1) is 8.77. The smallest absolute Gasteiger partial charge is 0.0531 e. The highest BCUT2D eigenvalue weighted by atomic mass is 14.9. The number of fused-ring (bicyclic) bond motifs is 1. The van der Waals surface area contributed by atoms with Crippen LogP contribution in [0.25, 0.3) is 16.6 Å². The molecule has 0 N–H and O–H groups in total. The minimum absolute atomic E-state index is 0.528. The van der Waals surface area contributed by atoms with Gasteiger partial charge >= 0.3 is 0 Å². The van der Waals surface area contributed by atoms with E-state index in [1.54, 1.807) is 0 Å². The van der Waals surface area contributed by atoms with Gasteiger partial charge in [-0.25, -0.2) is 0 Å². The number of hydrogen-bond acceptors (Lipinski definition) is 0. The van der Waals surface area contributed by atoms with Gasteiger partial charge in [-0.3, -0.25) is 0 Å². The molecule has 0 saturated heterocycles. The molecule has 0 amide bonds. The van der Waals surface area contributed by atoms with E-state index in [0.717, 1.165) is 0 Å². The van der Waals surface area contributed by atoms with Crippen molar-refractivity contribution in [2.24, 2.45) is 0 Å². The summed E-state index contributed by atoms with van der Waals surface area (Å²) in [5, 5.41) is 0. The molecular weight excluding hydrogens is 218 g/mol. The van der Waals surface area contributed by atoms with Crippen LogP contribution in [0, 0.1) is 0 Å². The van der Waals surface area contributed by atoms with Gasteiger partial charge in [0.2, 0.25) is 0 Å². The molecule has 0 unspecified atom stereocenters. The van der Waals surface area contributed by atoms with Crippen LogP contribution in [0.3, 0.4) is 0 Å². The monoisotopic (exact) mass is 235 g/mol. The molecular formula is C17H17N. The van der Waals surface area contributed by atoms with E-state index in [1.165, 1.54) is 22.2 Å². The van der Waals surface area contributed by atoms with Gasteiger partial charge in [0.25, 0.3) is 0 Å². The SMILES string of the molecule is CC(C)c1cn2ccccc2c1-c1ccccc1. The van der Waals surface area contributed by atoms with Crippen LogP contribution in [0.5, 0.6) is 0 Å². The summed E-state index contributed by atoms with van der Waals surface area (Å²) in [7, 11) is 0. The van der Waals surface area contributed by atoms with Crippen molar-refractivity contribution < 1.29 is 0 Å². The third-order valence-electron chi connectivity index (χ3n) is 3.40. The lowest BCUT2D eigenvalue weighted by atomic mass is 9.96. The standard InChI is InChI=1S/C17H17N/c1-13(2)15-12-18-11-7-6-10-16(18)17(15)14-8-4-3-5-9-14/h3-13H,1-2H3. The zero-order valence-electron chi connectivity index (χ0n) is 10.8. The van der Waals surface area contributed by atoms with Crippen LogP contribution < -0.4 is 0 Å². The van der Waals surface area contributed by atoms with Crippen molar-refractivity contribution in [1.29, 1.82) is 0 Å². The van der Waals surface area contributed by atoms with E-state index in [-0.39, 0.29) is 0 Å². The molecule has 1 heteroatoms. The molecule has 0 bridgehead atoms. The molecule has 0 aliphatic carbocycles. The fourth-order valence-corrected chi connectivity index (χ4v) is 2.50. The highest BCUT2D eigenvalue weighted by Crippen LogP contribution is 2.34. The molecule has 0 spiro atoms. The van der Waals surface area contributed by atoms with Crippen molar-refractivity contribution >= 4 is 5.52 Å². The second-order valence-corrected chi connectivity index (χ2v) is 4.97. The van der Waals surface area contributed by atoms with Crippen LogP contribution in [-0.4, -0.2) is 4.40 Å². The van der Waals surface area contributed by atoms with E-state index >= 15 is 0 Å². The maximum absolute atomic E-state index is 2.25. The average molecular weight is 235 g/mol. The van der Waals surface area contributed by atoms with Crippen molar-refractivity contribution in [1.82, 2.24) is 4.40 Å². The molecule has 2 heterocycles. The first kappa shape index (κ1) is 11.1. The summed E-state index contributed by atoms with van der Waals surface area (Å²) < 4.78 is 2.22. The fraction of sp³-hybridized carbons (Fsp3) is 0.176. The predicted molar refractivity (Wildman–Crippen MR) is 76.9 cm³/mol. The third-order valence-corrected chi connectivity index (χ3v) is 3.40. The summed E-state index contributed by atoms with van der Waals surface area (Å²) in [4.78, 5) is 0. The molecule has 0 aliphatic heterocycles. The summed E-state index contributed by atoms with van der Waals surface area (Å²) in [6.07, 6.45) is 4.37. The van der Waals surface area contributed by atoms with Gasteiger partial charge in [-0.1, -0.05) is 50.2 Å². The number of hydrogen-bond donors (Lipinski definition) is 0. The summed E-state index contributed by atoms with van der Waals surface area (Å²) in [5.41, 5.74) is 5.36. The topological polar surface area (TPSA) is 4.41 Å². The Hall–Kier alpha value is -2.02. The van der Waals surface area contributed by atoms with Crippen LogP contribution in [0.1, 0.15) is 25.3 Å². The summed E-state index contributed by atoms with van der Waals surface area (Å²) in [6.45, 7) is 4.50. The molecule has 0 saturated carbocycles. The van der Waals surface area contributed by atoms with E-state index in [9.17, 15) is 0 Å². The van der Waals surface area contributed by atoms with Crippen molar-refractivity contribution in [3.05, 3.63) is 66.5 Å². The third kappa shape index (κ3) is 1.72. The van der Waals surface area contributed by atoms with Gasteiger partial charge in [0.15, 0.2) is 0 Å². The van der Waals surface area contributed by atoms with Gasteiger partial charge < -0.3 is 4.40 Å². The second-order valence-electron chi connectivity index (χ2n) is 4.97. The normalized spacial score (nSPS) is 11.3. The highest BCUT2D eigenvalue weighted by molar-refractivity contribution is 5.84. The highest BCUT2D eigenvalue weighted by Gasteiger charge is 2.14. The van der Waals surface area contributed by atoms with Gasteiger partial charge in [-0.2, -0.15) is 0 Å². The Morgan fingerprint density at radius 3 is 2.33 bits per heavy atom. The fourth-order valence-electron chi connectivity index (χ4n) is 2.50. The van der Waals surface area contributed by atoms with Gasteiger partial charge in [-0.15, -0.1) is 0 Å². The molecule has 18 heavy (non-hydrogen) atoms. The Morgan fingerprint density at radius 1 is 0.889 bits per heavy atom. The Labute approximate surface area is 108 Å². The second kappa shape index (κ2) is 4.34. The van der Waals surface area contributed by atoms with Crippen molar-refractivity contribution in [2.75, 3.05) is 0 Å². The molecule has 0 aliphatic rings. The summed E-state index contributed by atoms with van der Waals surface area (Å²) in [6, 6.07) is 17.0. The van der Waals surface area contributed by atoms with Crippen molar-refractivity contribution in [2.45, 2.75) is 19.8 Å². The van der Waals surface area contributed by atoms with Gasteiger partial charge in [-0.05, 0) is 29.2 Å². The van der Waals surface area contributed by atoms with E-state index < -0.39 is 0 Å². The zero-order chi connectivity index (χ0) is 12.5. The lowest BCUT2D eigenvalue weighted by Gasteiger charge is -2.07. The maximum atomic E-state index is 2.25. The molecule has 3 rings (SSSR count). The number of benzene rings is 1. The molecule has 90 valence electrons. The Bertz CT molecular complexity index is 662. The average Bonchev–Trinajstić information content (AvgIpc) is 2.79. The number of pyridine rings is 1. The molecule has 2 aromatic heterocycles. The maximum Gasteiger partial charge on any atom is 0.0531 e. The molecule has 0 atom stereocenters. The molecule has 0 radical (unpaired) electrons. The lowest BCUT2D eigenvalue weighted by Crippen LogP contribution is -1.87. The van der Waals surface area contributed by atoms with Crippen molar-refractivity contribution in [3.8, 4) is 11.1 Å². The first-order valence-corrected chi connectivity index (χ1v) is 6.42. The van der Waals surface area contributed by atoms with Crippen LogP contribution in [0.15, 0.2) is 60.9 Å². The summed E-state index contributed by atoms with van der Waals surface area (Å²) in [5.74, 6) is 0.528. The quantitative estimate of drug-likeness (QED) is 0.605.